The van der Waals surface area contributed by atoms with Crippen LogP contribution in [-0.2, 0) is 4.79 Å². The van der Waals surface area contributed by atoms with Gasteiger partial charge in [0.2, 0.25) is 5.91 Å². The highest BCUT2D eigenvalue weighted by molar-refractivity contribution is 7.99. The minimum Gasteiger partial charge on any atom is -0.493 e. The van der Waals surface area contributed by atoms with E-state index in [1.165, 1.54) is 11.8 Å². The smallest absolute Gasteiger partial charge is 0.234 e. The van der Waals surface area contributed by atoms with E-state index in [1.807, 2.05) is 49.4 Å². The standard InChI is InChI=1S/C21H20ClN3O3S/c1-13-4-6-15(11-16(13)22)23-20(26)12-29-21-9-7-17(24-25-21)14-5-8-18(27-2)19(10-14)28-3/h4-11H,12H2,1-3H3,(H,23,26). The highest BCUT2D eigenvalue weighted by Crippen LogP contribution is 2.31. The number of hydrogen-bond acceptors (Lipinski definition) is 6. The summed E-state index contributed by atoms with van der Waals surface area (Å²) < 4.78 is 10.6. The Morgan fingerprint density at radius 2 is 1.83 bits per heavy atom. The molecular formula is C21H20ClN3O3S. The minimum atomic E-state index is -0.138. The first kappa shape index (κ1) is 21.0. The molecule has 1 N–H and O–H groups in total. The van der Waals surface area contributed by atoms with Gasteiger partial charge >= 0.3 is 0 Å². The van der Waals surface area contributed by atoms with E-state index in [9.17, 15) is 4.79 Å². The second-order valence-corrected chi connectivity index (χ2v) is 7.53. The number of benzene rings is 2. The van der Waals surface area contributed by atoms with Gasteiger partial charge in [0.25, 0.3) is 0 Å². The number of thioether (sulfide) groups is 1. The number of halogens is 1. The Morgan fingerprint density at radius 3 is 2.48 bits per heavy atom. The maximum atomic E-state index is 12.2. The third kappa shape index (κ3) is 5.40. The van der Waals surface area contributed by atoms with Crippen LogP contribution in [0.5, 0.6) is 11.5 Å². The van der Waals surface area contributed by atoms with Crippen LogP contribution in [0.15, 0.2) is 53.6 Å². The summed E-state index contributed by atoms with van der Waals surface area (Å²) in [6, 6.07) is 14.7. The van der Waals surface area contributed by atoms with Crippen molar-refractivity contribution in [3.63, 3.8) is 0 Å². The lowest BCUT2D eigenvalue weighted by Crippen LogP contribution is -2.14. The molecule has 3 aromatic rings. The highest BCUT2D eigenvalue weighted by atomic mass is 35.5. The first-order chi connectivity index (χ1) is 14.0. The van der Waals surface area contributed by atoms with Crippen LogP contribution in [0.1, 0.15) is 5.56 Å². The summed E-state index contributed by atoms with van der Waals surface area (Å²) in [5, 5.41) is 12.5. The van der Waals surface area contributed by atoms with Gasteiger partial charge in [-0.3, -0.25) is 4.79 Å². The number of anilines is 1. The van der Waals surface area contributed by atoms with Crippen molar-refractivity contribution in [3.8, 4) is 22.8 Å². The molecule has 0 bridgehead atoms. The predicted octanol–water partition coefficient (Wildman–Crippen LogP) is 4.85. The number of ether oxygens (including phenoxy) is 2. The van der Waals surface area contributed by atoms with Crippen molar-refractivity contribution in [3.05, 3.63) is 59.1 Å². The lowest BCUT2D eigenvalue weighted by molar-refractivity contribution is -0.113. The van der Waals surface area contributed by atoms with Crippen molar-refractivity contribution in [2.24, 2.45) is 0 Å². The maximum Gasteiger partial charge on any atom is 0.234 e. The SMILES string of the molecule is COc1ccc(-c2ccc(SCC(=O)Nc3ccc(C)c(Cl)c3)nn2)cc1OC. The molecule has 0 aliphatic carbocycles. The Labute approximate surface area is 178 Å². The summed E-state index contributed by atoms with van der Waals surface area (Å²) in [5.74, 6) is 1.35. The molecule has 0 fully saturated rings. The first-order valence-corrected chi connectivity index (χ1v) is 10.1. The minimum absolute atomic E-state index is 0.138. The van der Waals surface area contributed by atoms with Gasteiger partial charge in [0.1, 0.15) is 5.03 Å². The molecule has 0 spiro atoms. The summed E-state index contributed by atoms with van der Waals surface area (Å²) in [4.78, 5) is 12.2. The normalized spacial score (nSPS) is 10.5. The highest BCUT2D eigenvalue weighted by Gasteiger charge is 2.09. The first-order valence-electron chi connectivity index (χ1n) is 8.75. The van der Waals surface area contributed by atoms with Crippen LogP contribution in [-0.4, -0.2) is 36.1 Å². The Balaban J connectivity index is 1.60. The van der Waals surface area contributed by atoms with Gasteiger partial charge in [-0.25, -0.2) is 0 Å². The summed E-state index contributed by atoms with van der Waals surface area (Å²) in [5.41, 5.74) is 3.19. The lowest BCUT2D eigenvalue weighted by atomic mass is 10.1. The quantitative estimate of drug-likeness (QED) is 0.541. The van der Waals surface area contributed by atoms with Crippen LogP contribution in [0, 0.1) is 6.92 Å². The Hall–Kier alpha value is -2.77. The van der Waals surface area contributed by atoms with E-state index in [-0.39, 0.29) is 11.7 Å². The average Bonchev–Trinajstić information content (AvgIpc) is 2.74. The molecule has 3 rings (SSSR count). The number of hydrogen-bond donors (Lipinski definition) is 1. The van der Waals surface area contributed by atoms with E-state index >= 15 is 0 Å². The summed E-state index contributed by atoms with van der Waals surface area (Å²) in [6.45, 7) is 1.91. The van der Waals surface area contributed by atoms with Gasteiger partial charge in [0, 0.05) is 16.3 Å². The Kier molecular flexibility index (Phi) is 6.95. The second-order valence-electron chi connectivity index (χ2n) is 6.13. The lowest BCUT2D eigenvalue weighted by Gasteiger charge is -2.09. The third-order valence-electron chi connectivity index (χ3n) is 4.13. The number of carbonyl (C=O) groups excluding carboxylic acids is 1. The molecule has 0 saturated heterocycles. The molecule has 0 saturated carbocycles. The summed E-state index contributed by atoms with van der Waals surface area (Å²) in [6.07, 6.45) is 0. The number of carbonyl (C=O) groups is 1. The van der Waals surface area contributed by atoms with Gasteiger partial charge in [-0.15, -0.1) is 10.2 Å². The zero-order valence-electron chi connectivity index (χ0n) is 16.2. The van der Waals surface area contributed by atoms with Gasteiger partial charge in [-0.2, -0.15) is 0 Å². The fraction of sp³-hybridized carbons (Fsp3) is 0.190. The monoisotopic (exact) mass is 429 g/mol. The number of rotatable bonds is 7. The van der Waals surface area contributed by atoms with Crippen molar-refractivity contribution in [1.29, 1.82) is 0 Å². The average molecular weight is 430 g/mol. The zero-order valence-corrected chi connectivity index (χ0v) is 17.8. The van der Waals surface area contributed by atoms with Crippen LogP contribution in [0.3, 0.4) is 0 Å². The largest absolute Gasteiger partial charge is 0.493 e. The molecule has 0 aliphatic heterocycles. The second kappa shape index (κ2) is 9.62. The predicted molar refractivity (Wildman–Crippen MR) is 116 cm³/mol. The number of methoxy groups -OCH3 is 2. The van der Waals surface area contributed by atoms with Gasteiger partial charge < -0.3 is 14.8 Å². The van der Waals surface area contributed by atoms with Crippen molar-refractivity contribution in [1.82, 2.24) is 10.2 Å². The van der Waals surface area contributed by atoms with Crippen molar-refractivity contribution >= 4 is 35.0 Å². The van der Waals surface area contributed by atoms with Crippen molar-refractivity contribution in [2.75, 3.05) is 25.3 Å². The Bertz CT molecular complexity index is 1010. The zero-order chi connectivity index (χ0) is 20.8. The number of nitrogens with zero attached hydrogens (tertiary/aromatic N) is 2. The molecular weight excluding hydrogens is 410 g/mol. The molecule has 1 heterocycles. The van der Waals surface area contributed by atoms with Crippen molar-refractivity contribution in [2.45, 2.75) is 11.9 Å². The number of aryl methyl sites for hydroxylation is 1. The van der Waals surface area contributed by atoms with Crippen molar-refractivity contribution < 1.29 is 14.3 Å². The molecule has 2 aromatic carbocycles. The topological polar surface area (TPSA) is 73.3 Å². The van der Waals surface area contributed by atoms with E-state index in [0.29, 0.717) is 32.9 Å². The summed E-state index contributed by atoms with van der Waals surface area (Å²) >= 11 is 7.39. The molecule has 0 atom stereocenters. The molecule has 1 aromatic heterocycles. The number of nitrogens with one attached hydrogen (secondary N) is 1. The van der Waals surface area contributed by atoms with E-state index < -0.39 is 0 Å². The van der Waals surface area contributed by atoms with Gasteiger partial charge in [-0.1, -0.05) is 29.4 Å². The fourth-order valence-corrected chi connectivity index (χ4v) is 3.35. The number of aromatic nitrogens is 2. The third-order valence-corrected chi connectivity index (χ3v) is 5.45. The molecule has 1 amide bonds. The van der Waals surface area contributed by atoms with E-state index in [2.05, 4.69) is 15.5 Å². The van der Waals surface area contributed by atoms with E-state index in [4.69, 9.17) is 21.1 Å². The molecule has 0 unspecified atom stereocenters. The van der Waals surface area contributed by atoms with E-state index in [0.717, 1.165) is 11.1 Å². The van der Waals surface area contributed by atoms with Gasteiger partial charge in [0.05, 0.1) is 25.7 Å². The molecule has 0 aliphatic rings. The molecule has 29 heavy (non-hydrogen) atoms. The summed E-state index contributed by atoms with van der Waals surface area (Å²) in [7, 11) is 3.18. The Morgan fingerprint density at radius 1 is 1.03 bits per heavy atom. The number of amides is 1. The van der Waals surface area contributed by atoms with Crippen LogP contribution in [0.2, 0.25) is 5.02 Å². The maximum absolute atomic E-state index is 12.2. The fourth-order valence-electron chi connectivity index (χ4n) is 2.55. The van der Waals surface area contributed by atoms with Crippen LogP contribution < -0.4 is 14.8 Å². The molecule has 150 valence electrons. The van der Waals surface area contributed by atoms with Crippen LogP contribution in [0.4, 0.5) is 5.69 Å². The molecule has 8 heteroatoms. The van der Waals surface area contributed by atoms with Gasteiger partial charge in [0.15, 0.2) is 11.5 Å². The molecule has 6 nitrogen and oxygen atoms in total. The van der Waals surface area contributed by atoms with Crippen LogP contribution in [0.25, 0.3) is 11.3 Å². The van der Waals surface area contributed by atoms with E-state index in [1.54, 1.807) is 20.3 Å². The van der Waals surface area contributed by atoms with Gasteiger partial charge in [-0.05, 0) is 55.0 Å². The molecule has 0 radical (unpaired) electrons. The van der Waals surface area contributed by atoms with Crippen LogP contribution >= 0.6 is 23.4 Å².